The van der Waals surface area contributed by atoms with E-state index >= 15 is 0 Å². The second kappa shape index (κ2) is 15.7. The number of cyclic esters (lactones) is 2. The lowest BCUT2D eigenvalue weighted by Crippen LogP contribution is -2.43. The van der Waals surface area contributed by atoms with Gasteiger partial charge in [-0.25, -0.2) is 9.59 Å². The van der Waals surface area contributed by atoms with Crippen molar-refractivity contribution in [1.82, 2.24) is 10.2 Å². The van der Waals surface area contributed by atoms with E-state index in [2.05, 4.69) is 5.32 Å². The molecule has 0 bridgehead atoms. The van der Waals surface area contributed by atoms with E-state index in [4.69, 9.17) is 14.2 Å². The maximum atomic E-state index is 12.8. The molecule has 0 spiro atoms. The van der Waals surface area contributed by atoms with Crippen molar-refractivity contribution in [3.8, 4) is 0 Å². The monoisotopic (exact) mass is 524 g/mol. The summed E-state index contributed by atoms with van der Waals surface area (Å²) >= 11 is 1.58. The molecule has 1 fully saturated rings. The van der Waals surface area contributed by atoms with Gasteiger partial charge in [-0.15, -0.1) is 0 Å². The van der Waals surface area contributed by atoms with Crippen molar-refractivity contribution in [2.75, 3.05) is 38.9 Å². The number of nitrogens with zero attached hydrogens (tertiary/aromatic N) is 1. The van der Waals surface area contributed by atoms with E-state index in [-0.39, 0.29) is 49.7 Å². The van der Waals surface area contributed by atoms with E-state index in [1.807, 2.05) is 26.2 Å². The molecule has 9 nitrogen and oxygen atoms in total. The molecule has 1 saturated heterocycles. The molecule has 36 heavy (non-hydrogen) atoms. The van der Waals surface area contributed by atoms with Gasteiger partial charge >= 0.3 is 11.9 Å². The Labute approximate surface area is 218 Å². The molecular weight excluding hydrogens is 484 g/mol. The van der Waals surface area contributed by atoms with Crippen molar-refractivity contribution in [1.29, 1.82) is 0 Å². The third-order valence-corrected chi connectivity index (χ3v) is 6.99. The van der Waals surface area contributed by atoms with Crippen LogP contribution in [-0.2, 0) is 33.4 Å². The Bertz CT molecular complexity index is 816. The smallest absolute Gasteiger partial charge is 0.328 e. The van der Waals surface area contributed by atoms with Gasteiger partial charge in [-0.3, -0.25) is 9.59 Å². The van der Waals surface area contributed by atoms with E-state index in [9.17, 15) is 19.2 Å². The van der Waals surface area contributed by atoms with Crippen LogP contribution in [0.4, 0.5) is 0 Å². The summed E-state index contributed by atoms with van der Waals surface area (Å²) in [5.74, 6) is -0.849. The first-order valence-corrected chi connectivity index (χ1v) is 13.9. The van der Waals surface area contributed by atoms with Crippen molar-refractivity contribution in [3.63, 3.8) is 0 Å². The van der Waals surface area contributed by atoms with Crippen LogP contribution >= 0.6 is 11.8 Å². The van der Waals surface area contributed by atoms with Crippen molar-refractivity contribution >= 4 is 35.5 Å². The van der Waals surface area contributed by atoms with Crippen LogP contribution in [0.25, 0.3) is 0 Å². The van der Waals surface area contributed by atoms with Crippen molar-refractivity contribution in [2.45, 2.75) is 64.1 Å². The van der Waals surface area contributed by atoms with Gasteiger partial charge in [0.15, 0.2) is 0 Å². The standard InChI is InChI=1S/C26H40N2O7S/c1-18-8-5-11-23(29)27-20(13-15-36-4)25(31)35-17-22(33-3)19(2)9-6-12-24(30)28-14-7-10-21(28)26(32)34-16-18/h5-6,8-9,18-22H,7,10-17H2,1-4H3,(H,27,29)/b8-5+,9-6+/t18-,19-,20+,21+,22-/m1/s1. The number of carbonyl (C=O) groups excluding carboxylic acids is 4. The number of carbonyl (C=O) groups is 4. The molecule has 0 saturated carbocycles. The summed E-state index contributed by atoms with van der Waals surface area (Å²) in [5.41, 5.74) is 0. The van der Waals surface area contributed by atoms with Gasteiger partial charge in [0.1, 0.15) is 18.7 Å². The number of methoxy groups -OCH3 is 1. The van der Waals surface area contributed by atoms with E-state index in [0.717, 1.165) is 6.42 Å². The minimum Gasteiger partial charge on any atom is -0.464 e. The van der Waals surface area contributed by atoms with E-state index in [1.165, 1.54) is 7.11 Å². The summed E-state index contributed by atoms with van der Waals surface area (Å²) < 4.78 is 16.5. The predicted molar refractivity (Wildman–Crippen MR) is 138 cm³/mol. The summed E-state index contributed by atoms with van der Waals surface area (Å²) in [4.78, 5) is 52.3. The molecule has 0 aromatic heterocycles. The average molecular weight is 525 g/mol. The van der Waals surface area contributed by atoms with Gasteiger partial charge in [0.05, 0.1) is 12.7 Å². The fourth-order valence-corrected chi connectivity index (χ4v) is 4.62. The largest absolute Gasteiger partial charge is 0.464 e. The highest BCUT2D eigenvalue weighted by atomic mass is 32.2. The highest BCUT2D eigenvalue weighted by Gasteiger charge is 2.35. The van der Waals surface area contributed by atoms with Crippen LogP contribution < -0.4 is 5.32 Å². The number of ether oxygens (including phenoxy) is 3. The fourth-order valence-electron chi connectivity index (χ4n) is 4.14. The van der Waals surface area contributed by atoms with E-state index in [1.54, 1.807) is 34.9 Å². The van der Waals surface area contributed by atoms with E-state index in [0.29, 0.717) is 25.1 Å². The molecule has 2 rings (SSSR count). The van der Waals surface area contributed by atoms with Gasteiger partial charge in [0.25, 0.3) is 0 Å². The summed E-state index contributed by atoms with van der Waals surface area (Å²) in [5, 5.41) is 2.77. The normalized spacial score (nSPS) is 31.4. The average Bonchev–Trinajstić information content (AvgIpc) is 3.35. The van der Waals surface area contributed by atoms with Crippen molar-refractivity contribution in [3.05, 3.63) is 24.3 Å². The highest BCUT2D eigenvalue weighted by molar-refractivity contribution is 7.98. The van der Waals surface area contributed by atoms with Gasteiger partial charge in [-0.1, -0.05) is 38.2 Å². The molecule has 0 aliphatic carbocycles. The minimum absolute atomic E-state index is 0.0257. The first-order chi connectivity index (χ1) is 17.3. The number of esters is 2. The SMILES string of the molecule is CO[C@@H]1COC(=O)[C@H](CCSC)NC(=O)C/C=C/[C@@H](C)COC(=O)[C@@H]2CCCN2C(=O)C/C=C/[C@H]1C. The molecule has 202 valence electrons. The molecule has 1 N–H and O–H groups in total. The molecule has 0 radical (unpaired) electrons. The topological polar surface area (TPSA) is 111 Å². The van der Waals surface area contributed by atoms with Crippen LogP contribution in [0.15, 0.2) is 24.3 Å². The first-order valence-electron chi connectivity index (χ1n) is 12.5. The van der Waals surface area contributed by atoms with Gasteiger partial charge in [-0.2, -0.15) is 11.8 Å². The lowest BCUT2D eigenvalue weighted by molar-refractivity contribution is -0.153. The Morgan fingerprint density at radius 1 is 1.06 bits per heavy atom. The summed E-state index contributed by atoms with van der Waals surface area (Å²) in [6.45, 7) is 4.51. The summed E-state index contributed by atoms with van der Waals surface area (Å²) in [6.07, 6.45) is 10.7. The van der Waals surface area contributed by atoms with Crippen molar-refractivity contribution in [2.24, 2.45) is 11.8 Å². The lowest BCUT2D eigenvalue weighted by atomic mass is 10.0. The lowest BCUT2D eigenvalue weighted by Gasteiger charge is -2.24. The van der Waals surface area contributed by atoms with Crippen LogP contribution in [0, 0.1) is 11.8 Å². The summed E-state index contributed by atoms with van der Waals surface area (Å²) in [6, 6.07) is -1.32. The zero-order valence-electron chi connectivity index (χ0n) is 21.8. The number of amides is 2. The van der Waals surface area contributed by atoms with Gasteiger partial charge in [0.2, 0.25) is 11.8 Å². The Balaban J connectivity index is 2.17. The summed E-state index contributed by atoms with van der Waals surface area (Å²) in [7, 11) is 1.54. The second-order valence-corrected chi connectivity index (χ2v) is 10.3. The fraction of sp³-hybridized carbons (Fsp3) is 0.692. The zero-order valence-corrected chi connectivity index (χ0v) is 22.6. The maximum absolute atomic E-state index is 12.8. The van der Waals surface area contributed by atoms with Crippen molar-refractivity contribution < 1.29 is 33.4 Å². The molecule has 0 aromatic carbocycles. The molecular formula is C26H40N2O7S. The van der Waals surface area contributed by atoms with E-state index < -0.39 is 30.1 Å². The minimum atomic E-state index is -0.750. The Morgan fingerprint density at radius 2 is 1.78 bits per heavy atom. The molecule has 0 unspecified atom stereocenters. The maximum Gasteiger partial charge on any atom is 0.328 e. The second-order valence-electron chi connectivity index (χ2n) is 9.28. The van der Waals surface area contributed by atoms with Gasteiger partial charge < -0.3 is 24.4 Å². The molecule has 2 aliphatic heterocycles. The van der Waals surface area contributed by atoms with Gasteiger partial charge in [-0.05, 0) is 31.3 Å². The van der Waals surface area contributed by atoms with Gasteiger partial charge in [0, 0.05) is 38.3 Å². The predicted octanol–water partition coefficient (Wildman–Crippen LogP) is 2.50. The van der Waals surface area contributed by atoms with Crippen LogP contribution in [0.1, 0.15) is 46.0 Å². The number of hydrogen-bond acceptors (Lipinski definition) is 8. The Kier molecular flexibility index (Phi) is 13.0. The third-order valence-electron chi connectivity index (χ3n) is 6.34. The number of fused-ring (bicyclic) bond motifs is 1. The molecule has 10 heteroatoms. The highest BCUT2D eigenvalue weighted by Crippen LogP contribution is 2.21. The Hall–Kier alpha value is -2.33. The van der Waals surface area contributed by atoms with Crippen LogP contribution in [0.3, 0.4) is 0 Å². The molecule has 2 heterocycles. The quantitative estimate of drug-likeness (QED) is 0.441. The van der Waals surface area contributed by atoms with Crippen LogP contribution in [0.2, 0.25) is 0 Å². The van der Waals surface area contributed by atoms with Crippen LogP contribution in [-0.4, -0.2) is 85.7 Å². The molecule has 0 aromatic rings. The first kappa shape index (κ1) is 29.9. The molecule has 2 aliphatic rings. The zero-order chi connectivity index (χ0) is 26.5. The number of rotatable bonds is 4. The number of nitrogens with one attached hydrogen (secondary N) is 1. The number of hydrogen-bond donors (Lipinski definition) is 1. The molecule has 5 atom stereocenters. The third kappa shape index (κ3) is 9.61. The molecule has 2 amide bonds. The van der Waals surface area contributed by atoms with Crippen LogP contribution in [0.5, 0.6) is 0 Å². The number of thioether (sulfide) groups is 1. The Morgan fingerprint density at radius 3 is 2.50 bits per heavy atom.